The second-order valence-electron chi connectivity index (χ2n) is 4.09. The van der Waals surface area contributed by atoms with E-state index in [1.807, 2.05) is 42.5 Å². The quantitative estimate of drug-likeness (QED) is 0.916. The lowest BCUT2D eigenvalue weighted by molar-refractivity contribution is -0.145. The Balaban J connectivity index is 2.08. The van der Waals surface area contributed by atoms with E-state index in [2.05, 4.69) is 15.9 Å². The summed E-state index contributed by atoms with van der Waals surface area (Å²) in [4.78, 5) is 11.2. The lowest BCUT2D eigenvalue weighted by Crippen LogP contribution is -2.29. The fourth-order valence-corrected chi connectivity index (χ4v) is 1.95. The van der Waals surface area contributed by atoms with Crippen molar-refractivity contribution in [1.82, 2.24) is 0 Å². The van der Waals surface area contributed by atoms with Gasteiger partial charge in [0.05, 0.1) is 0 Å². The van der Waals surface area contributed by atoms with Crippen LogP contribution in [0, 0.1) is 0 Å². The third-order valence-electron chi connectivity index (χ3n) is 2.63. The zero-order valence-electron chi connectivity index (χ0n) is 10.1. The van der Waals surface area contributed by atoms with Gasteiger partial charge in [-0.05, 0) is 29.8 Å². The van der Waals surface area contributed by atoms with E-state index < -0.39 is 12.1 Å². The lowest BCUT2D eigenvalue weighted by atomic mass is 10.1. The first-order valence-electron chi connectivity index (χ1n) is 5.84. The zero-order valence-corrected chi connectivity index (χ0v) is 11.7. The van der Waals surface area contributed by atoms with Gasteiger partial charge in [0, 0.05) is 10.9 Å². The van der Waals surface area contributed by atoms with Crippen molar-refractivity contribution in [2.45, 2.75) is 12.5 Å². The number of halogens is 1. The highest BCUT2D eigenvalue weighted by Crippen LogP contribution is 2.18. The third kappa shape index (κ3) is 4.10. The molecule has 0 saturated carbocycles. The van der Waals surface area contributed by atoms with E-state index in [1.54, 1.807) is 12.1 Å². The van der Waals surface area contributed by atoms with Gasteiger partial charge >= 0.3 is 5.97 Å². The SMILES string of the molecule is O=C(O)C(Cc1ccccc1)Oc1ccc(Br)cc1. The van der Waals surface area contributed by atoms with Crippen LogP contribution < -0.4 is 4.74 Å². The summed E-state index contributed by atoms with van der Waals surface area (Å²) in [6, 6.07) is 16.6. The minimum absolute atomic E-state index is 0.340. The molecule has 0 amide bonds. The van der Waals surface area contributed by atoms with Crippen molar-refractivity contribution in [3.8, 4) is 5.75 Å². The van der Waals surface area contributed by atoms with Crippen LogP contribution in [0.15, 0.2) is 59.1 Å². The number of carboxylic acid groups (broad SMARTS) is 1. The molecular weight excluding hydrogens is 308 g/mol. The van der Waals surface area contributed by atoms with Gasteiger partial charge in [0.1, 0.15) is 5.75 Å². The summed E-state index contributed by atoms with van der Waals surface area (Å²) in [5, 5.41) is 9.22. The second-order valence-corrected chi connectivity index (χ2v) is 5.00. The number of carbonyl (C=O) groups is 1. The zero-order chi connectivity index (χ0) is 13.7. The Morgan fingerprint density at radius 3 is 2.32 bits per heavy atom. The van der Waals surface area contributed by atoms with Gasteiger partial charge in [-0.25, -0.2) is 4.79 Å². The van der Waals surface area contributed by atoms with Crippen molar-refractivity contribution < 1.29 is 14.6 Å². The van der Waals surface area contributed by atoms with Crippen molar-refractivity contribution in [1.29, 1.82) is 0 Å². The monoisotopic (exact) mass is 320 g/mol. The largest absolute Gasteiger partial charge is 0.478 e. The summed E-state index contributed by atoms with van der Waals surface area (Å²) in [6.45, 7) is 0. The highest BCUT2D eigenvalue weighted by atomic mass is 79.9. The number of hydrogen-bond donors (Lipinski definition) is 1. The van der Waals surface area contributed by atoms with E-state index in [-0.39, 0.29) is 0 Å². The molecule has 0 aliphatic heterocycles. The first-order chi connectivity index (χ1) is 9.15. The topological polar surface area (TPSA) is 46.5 Å². The van der Waals surface area contributed by atoms with Gasteiger partial charge in [-0.15, -0.1) is 0 Å². The summed E-state index contributed by atoms with van der Waals surface area (Å²) in [6.07, 6.45) is -0.546. The molecule has 1 atom stereocenters. The van der Waals surface area contributed by atoms with Gasteiger partial charge < -0.3 is 9.84 Å². The van der Waals surface area contributed by atoms with Gasteiger partial charge in [0.25, 0.3) is 0 Å². The first-order valence-corrected chi connectivity index (χ1v) is 6.63. The number of hydrogen-bond acceptors (Lipinski definition) is 2. The summed E-state index contributed by atoms with van der Waals surface area (Å²) in [7, 11) is 0. The lowest BCUT2D eigenvalue weighted by Gasteiger charge is -2.15. The van der Waals surface area contributed by atoms with Gasteiger partial charge in [-0.2, -0.15) is 0 Å². The molecule has 98 valence electrons. The Kier molecular flexibility index (Phi) is 4.58. The predicted octanol–water partition coefficient (Wildman–Crippen LogP) is 3.52. The molecule has 2 aromatic carbocycles. The van der Waals surface area contributed by atoms with Crippen molar-refractivity contribution >= 4 is 21.9 Å². The number of aliphatic carboxylic acids is 1. The van der Waals surface area contributed by atoms with E-state index >= 15 is 0 Å². The molecule has 0 radical (unpaired) electrons. The molecule has 0 aliphatic carbocycles. The van der Waals surface area contributed by atoms with E-state index in [1.165, 1.54) is 0 Å². The highest BCUT2D eigenvalue weighted by Gasteiger charge is 2.19. The fraction of sp³-hybridized carbons (Fsp3) is 0.133. The average Bonchev–Trinajstić information content (AvgIpc) is 2.41. The molecule has 4 heteroatoms. The van der Waals surface area contributed by atoms with Gasteiger partial charge in [-0.3, -0.25) is 0 Å². The number of carboxylic acids is 1. The fourth-order valence-electron chi connectivity index (χ4n) is 1.68. The molecular formula is C15H13BrO3. The molecule has 2 rings (SSSR count). The van der Waals surface area contributed by atoms with Crippen LogP contribution in [0.5, 0.6) is 5.75 Å². The molecule has 3 nitrogen and oxygen atoms in total. The second kappa shape index (κ2) is 6.38. The Morgan fingerprint density at radius 1 is 1.11 bits per heavy atom. The van der Waals surface area contributed by atoms with Gasteiger partial charge in [0.15, 0.2) is 6.10 Å². The molecule has 0 aliphatic rings. The molecule has 0 aromatic heterocycles. The maximum Gasteiger partial charge on any atom is 0.345 e. The standard InChI is InChI=1S/C15H13BrO3/c16-12-6-8-13(9-7-12)19-14(15(17)18)10-11-4-2-1-3-5-11/h1-9,14H,10H2,(H,17,18). The number of rotatable bonds is 5. The van der Waals surface area contributed by atoms with Crippen LogP contribution in [-0.2, 0) is 11.2 Å². The Bertz CT molecular complexity index is 537. The molecule has 0 bridgehead atoms. The predicted molar refractivity (Wildman–Crippen MR) is 76.3 cm³/mol. The Hall–Kier alpha value is -1.81. The molecule has 1 N–H and O–H groups in total. The number of ether oxygens (including phenoxy) is 1. The minimum Gasteiger partial charge on any atom is -0.478 e. The molecule has 0 heterocycles. The molecule has 0 saturated heterocycles. The smallest absolute Gasteiger partial charge is 0.345 e. The summed E-state index contributed by atoms with van der Waals surface area (Å²) < 4.78 is 6.44. The van der Waals surface area contributed by atoms with Crippen LogP contribution in [0.2, 0.25) is 0 Å². The summed E-state index contributed by atoms with van der Waals surface area (Å²) in [5.41, 5.74) is 0.937. The van der Waals surface area contributed by atoms with E-state index in [0.29, 0.717) is 12.2 Å². The highest BCUT2D eigenvalue weighted by molar-refractivity contribution is 9.10. The average molecular weight is 321 g/mol. The van der Waals surface area contributed by atoms with Crippen LogP contribution >= 0.6 is 15.9 Å². The minimum atomic E-state index is -0.966. The van der Waals surface area contributed by atoms with Crippen LogP contribution in [-0.4, -0.2) is 17.2 Å². The molecule has 1 unspecified atom stereocenters. The third-order valence-corrected chi connectivity index (χ3v) is 3.16. The summed E-state index contributed by atoms with van der Waals surface area (Å²) in [5.74, 6) is -0.418. The normalized spacial score (nSPS) is 11.8. The maximum absolute atomic E-state index is 11.2. The van der Waals surface area contributed by atoms with Crippen LogP contribution in [0.1, 0.15) is 5.56 Å². The Labute approximate surface area is 120 Å². The van der Waals surface area contributed by atoms with Gasteiger partial charge in [0.2, 0.25) is 0 Å². The van der Waals surface area contributed by atoms with E-state index in [0.717, 1.165) is 10.0 Å². The van der Waals surface area contributed by atoms with Crippen molar-refractivity contribution in [2.75, 3.05) is 0 Å². The van der Waals surface area contributed by atoms with Crippen LogP contribution in [0.25, 0.3) is 0 Å². The summed E-state index contributed by atoms with van der Waals surface area (Å²) >= 11 is 3.32. The number of benzene rings is 2. The van der Waals surface area contributed by atoms with Crippen molar-refractivity contribution in [3.63, 3.8) is 0 Å². The van der Waals surface area contributed by atoms with Crippen molar-refractivity contribution in [2.24, 2.45) is 0 Å². The molecule has 19 heavy (non-hydrogen) atoms. The molecule has 0 spiro atoms. The first kappa shape index (κ1) is 13.6. The molecule has 2 aromatic rings. The van der Waals surface area contributed by atoms with Crippen LogP contribution in [0.3, 0.4) is 0 Å². The van der Waals surface area contributed by atoms with E-state index in [9.17, 15) is 9.90 Å². The van der Waals surface area contributed by atoms with E-state index in [4.69, 9.17) is 4.74 Å². The Morgan fingerprint density at radius 2 is 1.74 bits per heavy atom. The van der Waals surface area contributed by atoms with Crippen LogP contribution in [0.4, 0.5) is 0 Å². The maximum atomic E-state index is 11.2. The van der Waals surface area contributed by atoms with Crippen molar-refractivity contribution in [3.05, 3.63) is 64.6 Å². The van der Waals surface area contributed by atoms with Gasteiger partial charge in [-0.1, -0.05) is 46.3 Å². The molecule has 0 fully saturated rings.